The zero-order valence-corrected chi connectivity index (χ0v) is 8.47. The van der Waals surface area contributed by atoms with Gasteiger partial charge in [-0.2, -0.15) is 5.26 Å². The highest BCUT2D eigenvalue weighted by Gasteiger charge is 2.05. The lowest BCUT2D eigenvalue weighted by Gasteiger charge is -2.11. The van der Waals surface area contributed by atoms with Gasteiger partial charge in [0.1, 0.15) is 6.42 Å². The van der Waals surface area contributed by atoms with Crippen LogP contribution in [0.3, 0.4) is 0 Å². The van der Waals surface area contributed by atoms with E-state index in [4.69, 9.17) is 5.26 Å². The van der Waals surface area contributed by atoms with E-state index in [0.29, 0.717) is 0 Å². The molecule has 3 heteroatoms. The van der Waals surface area contributed by atoms with E-state index in [1.54, 1.807) is 0 Å². The summed E-state index contributed by atoms with van der Waals surface area (Å²) >= 11 is 0. The molecule has 0 radical (unpaired) electrons. The average Bonchev–Trinajstić information content (AvgIpc) is 2.05. The third kappa shape index (κ3) is 7.32. The topological polar surface area (TPSA) is 52.9 Å². The maximum atomic E-state index is 11.0. The number of amides is 1. The van der Waals surface area contributed by atoms with Crippen molar-refractivity contribution >= 4 is 5.91 Å². The van der Waals surface area contributed by atoms with Crippen molar-refractivity contribution in [3.05, 3.63) is 0 Å². The number of carbonyl (C=O) groups excluding carboxylic acids is 1. The maximum absolute atomic E-state index is 11.0. The van der Waals surface area contributed by atoms with Gasteiger partial charge in [0.25, 0.3) is 0 Å². The first-order valence-corrected chi connectivity index (χ1v) is 4.87. The van der Waals surface area contributed by atoms with Crippen LogP contribution in [0, 0.1) is 11.3 Å². The predicted octanol–water partition coefficient (Wildman–Crippen LogP) is 1.99. The third-order valence-corrected chi connectivity index (χ3v) is 1.89. The Hall–Kier alpha value is -1.04. The molecule has 0 spiro atoms. The number of hydrogen-bond acceptors (Lipinski definition) is 2. The lowest BCUT2D eigenvalue weighted by molar-refractivity contribution is -0.120. The monoisotopic (exact) mass is 182 g/mol. The van der Waals surface area contributed by atoms with Gasteiger partial charge in [-0.25, -0.2) is 0 Å². The number of carbonyl (C=O) groups is 1. The highest BCUT2D eigenvalue weighted by atomic mass is 16.1. The molecule has 0 saturated carbocycles. The summed E-state index contributed by atoms with van der Waals surface area (Å²) < 4.78 is 0. The molecule has 3 nitrogen and oxygen atoms in total. The number of nitrogens with one attached hydrogen (secondary N) is 1. The summed E-state index contributed by atoms with van der Waals surface area (Å²) in [5, 5.41) is 11.0. The van der Waals surface area contributed by atoms with E-state index in [1.807, 2.05) is 13.0 Å². The Bertz CT molecular complexity index is 184. The SMILES string of the molecule is CCCCC[C@H](C)NC(=O)CC#N. The molecular formula is C10H18N2O. The first-order valence-electron chi connectivity index (χ1n) is 4.87. The fourth-order valence-corrected chi connectivity index (χ4v) is 1.17. The molecule has 1 amide bonds. The van der Waals surface area contributed by atoms with E-state index in [1.165, 1.54) is 12.8 Å². The van der Waals surface area contributed by atoms with Crippen molar-refractivity contribution in [2.45, 2.75) is 52.0 Å². The highest BCUT2D eigenvalue weighted by Crippen LogP contribution is 2.02. The van der Waals surface area contributed by atoms with Crippen molar-refractivity contribution in [2.75, 3.05) is 0 Å². The van der Waals surface area contributed by atoms with Crippen molar-refractivity contribution in [3.63, 3.8) is 0 Å². The highest BCUT2D eigenvalue weighted by molar-refractivity contribution is 5.78. The van der Waals surface area contributed by atoms with Crippen LogP contribution in [0.1, 0.15) is 46.0 Å². The molecule has 0 aromatic carbocycles. The molecule has 0 heterocycles. The van der Waals surface area contributed by atoms with E-state index in [-0.39, 0.29) is 18.4 Å². The Labute approximate surface area is 80.1 Å². The van der Waals surface area contributed by atoms with Crippen LogP contribution in [0.4, 0.5) is 0 Å². The summed E-state index contributed by atoms with van der Waals surface area (Å²) in [6.45, 7) is 4.13. The van der Waals surface area contributed by atoms with Crippen LogP contribution in [0.15, 0.2) is 0 Å². The minimum Gasteiger partial charge on any atom is -0.353 e. The zero-order chi connectivity index (χ0) is 10.1. The van der Waals surface area contributed by atoms with Gasteiger partial charge in [0, 0.05) is 6.04 Å². The molecule has 1 N–H and O–H groups in total. The van der Waals surface area contributed by atoms with Gasteiger partial charge in [-0.05, 0) is 13.3 Å². The van der Waals surface area contributed by atoms with Gasteiger partial charge in [-0.3, -0.25) is 4.79 Å². The fourth-order valence-electron chi connectivity index (χ4n) is 1.17. The minimum absolute atomic E-state index is 0.0296. The summed E-state index contributed by atoms with van der Waals surface area (Å²) in [6.07, 6.45) is 4.52. The standard InChI is InChI=1S/C10H18N2O/c1-3-4-5-6-9(2)12-10(13)7-8-11/h9H,3-7H2,1-2H3,(H,12,13)/t9-/m0/s1. The predicted molar refractivity (Wildman–Crippen MR) is 52.0 cm³/mol. The number of nitriles is 1. The van der Waals surface area contributed by atoms with Crippen molar-refractivity contribution in [2.24, 2.45) is 0 Å². The van der Waals surface area contributed by atoms with E-state index in [9.17, 15) is 4.79 Å². The van der Waals surface area contributed by atoms with Crippen molar-refractivity contribution in [1.29, 1.82) is 5.26 Å². The van der Waals surface area contributed by atoms with Gasteiger partial charge in [-0.1, -0.05) is 26.2 Å². The van der Waals surface area contributed by atoms with Gasteiger partial charge in [0.2, 0.25) is 5.91 Å². The Balaban J connectivity index is 3.45. The zero-order valence-electron chi connectivity index (χ0n) is 8.47. The lowest BCUT2D eigenvalue weighted by atomic mass is 10.1. The van der Waals surface area contributed by atoms with Gasteiger partial charge in [-0.15, -0.1) is 0 Å². The summed E-state index contributed by atoms with van der Waals surface area (Å²) in [4.78, 5) is 11.0. The number of rotatable bonds is 6. The first-order chi connectivity index (χ1) is 6.20. The largest absolute Gasteiger partial charge is 0.353 e. The van der Waals surface area contributed by atoms with Crippen LogP contribution >= 0.6 is 0 Å². The molecule has 0 rings (SSSR count). The van der Waals surface area contributed by atoms with E-state index >= 15 is 0 Å². The van der Waals surface area contributed by atoms with Gasteiger partial charge < -0.3 is 5.32 Å². The second-order valence-corrected chi connectivity index (χ2v) is 3.30. The van der Waals surface area contributed by atoms with Gasteiger partial charge in [0.05, 0.1) is 6.07 Å². The number of hydrogen-bond donors (Lipinski definition) is 1. The van der Waals surface area contributed by atoms with Crippen molar-refractivity contribution < 1.29 is 4.79 Å². The summed E-state index contributed by atoms with van der Waals surface area (Å²) in [5.41, 5.74) is 0. The molecular weight excluding hydrogens is 164 g/mol. The molecule has 1 atom stereocenters. The molecule has 0 unspecified atom stereocenters. The second-order valence-electron chi connectivity index (χ2n) is 3.30. The molecule has 0 aliphatic rings. The average molecular weight is 182 g/mol. The molecule has 0 bridgehead atoms. The first kappa shape index (κ1) is 12.0. The van der Waals surface area contributed by atoms with Crippen LogP contribution in [0.2, 0.25) is 0 Å². The summed E-state index contributed by atoms with van der Waals surface area (Å²) in [7, 11) is 0. The Morgan fingerprint density at radius 2 is 2.23 bits per heavy atom. The van der Waals surface area contributed by atoms with Crippen molar-refractivity contribution in [3.8, 4) is 6.07 Å². The van der Waals surface area contributed by atoms with Gasteiger partial charge in [0.15, 0.2) is 0 Å². The molecule has 0 fully saturated rings. The quantitative estimate of drug-likeness (QED) is 0.638. The minimum atomic E-state index is -0.161. The maximum Gasteiger partial charge on any atom is 0.234 e. The van der Waals surface area contributed by atoms with Crippen molar-refractivity contribution in [1.82, 2.24) is 5.32 Å². The third-order valence-electron chi connectivity index (χ3n) is 1.89. The second kappa shape index (κ2) is 7.60. The molecule has 0 aromatic heterocycles. The fraction of sp³-hybridized carbons (Fsp3) is 0.800. The Morgan fingerprint density at radius 1 is 1.54 bits per heavy atom. The van der Waals surface area contributed by atoms with Crippen LogP contribution in [0.25, 0.3) is 0 Å². The smallest absolute Gasteiger partial charge is 0.234 e. The molecule has 13 heavy (non-hydrogen) atoms. The molecule has 0 saturated heterocycles. The molecule has 0 aliphatic heterocycles. The molecule has 0 aliphatic carbocycles. The van der Waals surface area contributed by atoms with Crippen LogP contribution < -0.4 is 5.32 Å². The Morgan fingerprint density at radius 3 is 2.77 bits per heavy atom. The normalized spacial score (nSPS) is 11.8. The van der Waals surface area contributed by atoms with Crippen LogP contribution in [-0.4, -0.2) is 11.9 Å². The van der Waals surface area contributed by atoms with Crippen LogP contribution in [-0.2, 0) is 4.79 Å². The number of nitrogens with zero attached hydrogens (tertiary/aromatic N) is 1. The van der Waals surface area contributed by atoms with E-state index in [0.717, 1.165) is 12.8 Å². The van der Waals surface area contributed by atoms with E-state index < -0.39 is 0 Å². The Kier molecular flexibility index (Phi) is 6.99. The van der Waals surface area contributed by atoms with Gasteiger partial charge >= 0.3 is 0 Å². The molecule has 0 aromatic rings. The lowest BCUT2D eigenvalue weighted by Crippen LogP contribution is -2.31. The summed E-state index contributed by atoms with van der Waals surface area (Å²) in [5.74, 6) is -0.161. The van der Waals surface area contributed by atoms with E-state index in [2.05, 4.69) is 12.2 Å². The number of unbranched alkanes of at least 4 members (excludes halogenated alkanes) is 2. The summed E-state index contributed by atoms with van der Waals surface area (Å²) in [6, 6.07) is 2.03. The van der Waals surface area contributed by atoms with Crippen LogP contribution in [0.5, 0.6) is 0 Å². The molecule has 74 valence electrons.